The van der Waals surface area contributed by atoms with Gasteiger partial charge in [-0.05, 0) is 57.0 Å². The van der Waals surface area contributed by atoms with E-state index < -0.39 is 0 Å². The quantitative estimate of drug-likeness (QED) is 0.729. The van der Waals surface area contributed by atoms with Gasteiger partial charge in [-0.3, -0.25) is 4.90 Å². The third kappa shape index (κ3) is 7.65. The molecule has 2 heteroatoms. The summed E-state index contributed by atoms with van der Waals surface area (Å²) < 4.78 is 0. The maximum absolute atomic E-state index is 2.71. The molecule has 0 saturated carbocycles. The van der Waals surface area contributed by atoms with Crippen molar-refractivity contribution < 1.29 is 0 Å². The molecule has 0 aromatic heterocycles. The van der Waals surface area contributed by atoms with E-state index in [9.17, 15) is 0 Å². The minimum atomic E-state index is 0.327. The lowest BCUT2D eigenvalue weighted by molar-refractivity contribution is 0.0134. The molecule has 0 aliphatic carbocycles. The zero-order chi connectivity index (χ0) is 16.3. The molecule has 0 spiro atoms. The summed E-state index contributed by atoms with van der Waals surface area (Å²) in [5.41, 5.74) is 1.25. The summed E-state index contributed by atoms with van der Waals surface area (Å²) in [4.78, 5) is 5.39. The molecular formula is C19H40N2. The Balaban J connectivity index is 2.40. The first-order valence-corrected chi connectivity index (χ1v) is 8.87. The number of piperazine rings is 1. The summed E-state index contributed by atoms with van der Waals surface area (Å²) >= 11 is 0. The van der Waals surface area contributed by atoms with Gasteiger partial charge in [-0.2, -0.15) is 0 Å². The van der Waals surface area contributed by atoms with Gasteiger partial charge < -0.3 is 4.90 Å². The maximum atomic E-state index is 2.71. The van der Waals surface area contributed by atoms with Gasteiger partial charge in [0.2, 0.25) is 0 Å². The summed E-state index contributed by atoms with van der Waals surface area (Å²) in [5, 5.41) is 0. The molecule has 1 rings (SSSR count). The first-order valence-electron chi connectivity index (χ1n) is 8.87. The Morgan fingerprint density at radius 1 is 0.810 bits per heavy atom. The second kappa shape index (κ2) is 7.00. The molecule has 1 heterocycles. The summed E-state index contributed by atoms with van der Waals surface area (Å²) in [5.74, 6) is 0. The van der Waals surface area contributed by atoms with Gasteiger partial charge in [0, 0.05) is 25.2 Å². The fraction of sp³-hybridized carbons (Fsp3) is 1.00. The summed E-state index contributed by atoms with van der Waals surface area (Å²) in [6, 6.07) is 0. The smallest absolute Gasteiger partial charge is 0.0280 e. The molecule has 0 radical (unpaired) electrons. The maximum Gasteiger partial charge on any atom is 0.0280 e. The van der Waals surface area contributed by atoms with Gasteiger partial charge >= 0.3 is 0 Å². The zero-order valence-corrected chi connectivity index (χ0v) is 16.1. The van der Waals surface area contributed by atoms with E-state index in [1.54, 1.807) is 0 Å². The molecule has 1 aliphatic heterocycles. The SMILES string of the molecule is CC(C)(C)CCCN1CCN(CCC(C)(C)C)CC1(C)C. The Kier molecular flexibility index (Phi) is 6.32. The van der Waals surface area contributed by atoms with Gasteiger partial charge in [0.05, 0.1) is 0 Å². The Morgan fingerprint density at radius 3 is 1.86 bits per heavy atom. The van der Waals surface area contributed by atoms with Crippen molar-refractivity contribution in [1.29, 1.82) is 0 Å². The summed E-state index contributed by atoms with van der Waals surface area (Å²) in [6.07, 6.45) is 3.95. The van der Waals surface area contributed by atoms with Crippen molar-refractivity contribution in [2.45, 2.75) is 80.2 Å². The monoisotopic (exact) mass is 296 g/mol. The van der Waals surface area contributed by atoms with Crippen molar-refractivity contribution >= 4 is 0 Å². The fourth-order valence-corrected chi connectivity index (χ4v) is 3.19. The minimum absolute atomic E-state index is 0.327. The van der Waals surface area contributed by atoms with Crippen LogP contribution in [-0.2, 0) is 0 Å². The Morgan fingerprint density at radius 2 is 1.38 bits per heavy atom. The van der Waals surface area contributed by atoms with E-state index in [1.165, 1.54) is 52.0 Å². The van der Waals surface area contributed by atoms with Gasteiger partial charge in [0.25, 0.3) is 0 Å². The standard InChI is InChI=1S/C19H40N2/c1-17(2,3)10-9-12-21-15-14-20(16-19(21,7)8)13-11-18(4,5)6/h9-16H2,1-8H3. The highest BCUT2D eigenvalue weighted by Crippen LogP contribution is 2.26. The largest absolute Gasteiger partial charge is 0.300 e. The molecule has 0 atom stereocenters. The van der Waals surface area contributed by atoms with Crippen LogP contribution in [0.15, 0.2) is 0 Å². The molecule has 2 nitrogen and oxygen atoms in total. The Bertz CT molecular complexity index is 307. The average Bonchev–Trinajstić information content (AvgIpc) is 2.26. The number of hydrogen-bond donors (Lipinski definition) is 0. The van der Waals surface area contributed by atoms with E-state index in [4.69, 9.17) is 0 Å². The predicted molar refractivity (Wildman–Crippen MR) is 94.9 cm³/mol. The van der Waals surface area contributed by atoms with Gasteiger partial charge in [-0.1, -0.05) is 41.5 Å². The fourth-order valence-electron chi connectivity index (χ4n) is 3.19. The minimum Gasteiger partial charge on any atom is -0.300 e. The van der Waals surface area contributed by atoms with E-state index in [0.717, 1.165) is 0 Å². The van der Waals surface area contributed by atoms with Crippen LogP contribution in [0.1, 0.15) is 74.7 Å². The molecule has 1 aliphatic rings. The highest BCUT2D eigenvalue weighted by Gasteiger charge is 2.33. The summed E-state index contributed by atoms with van der Waals surface area (Å²) in [7, 11) is 0. The second-order valence-corrected chi connectivity index (χ2v) is 10.1. The molecule has 0 aromatic rings. The highest BCUT2D eigenvalue weighted by atomic mass is 15.3. The lowest BCUT2D eigenvalue weighted by atomic mass is 9.89. The van der Waals surface area contributed by atoms with Crippen molar-refractivity contribution in [3.8, 4) is 0 Å². The van der Waals surface area contributed by atoms with Crippen LogP contribution < -0.4 is 0 Å². The Hall–Kier alpha value is -0.0800. The van der Waals surface area contributed by atoms with Crippen LogP contribution in [0, 0.1) is 10.8 Å². The Labute approximate surface area is 134 Å². The molecule has 21 heavy (non-hydrogen) atoms. The third-order valence-electron chi connectivity index (χ3n) is 4.69. The van der Waals surface area contributed by atoms with Crippen molar-refractivity contribution in [2.75, 3.05) is 32.7 Å². The third-order valence-corrected chi connectivity index (χ3v) is 4.69. The second-order valence-electron chi connectivity index (χ2n) is 10.1. The van der Waals surface area contributed by atoms with Crippen LogP contribution in [-0.4, -0.2) is 48.1 Å². The molecule has 0 N–H and O–H groups in total. The number of rotatable bonds is 5. The van der Waals surface area contributed by atoms with E-state index in [2.05, 4.69) is 65.2 Å². The lowest BCUT2D eigenvalue weighted by Gasteiger charge is -2.48. The molecule has 126 valence electrons. The average molecular weight is 297 g/mol. The van der Waals surface area contributed by atoms with Crippen molar-refractivity contribution in [2.24, 2.45) is 10.8 Å². The molecule has 0 unspecified atom stereocenters. The van der Waals surface area contributed by atoms with E-state index in [1.807, 2.05) is 0 Å². The predicted octanol–water partition coefficient (Wildman–Crippen LogP) is 4.65. The van der Waals surface area contributed by atoms with E-state index >= 15 is 0 Å². The van der Waals surface area contributed by atoms with Crippen molar-refractivity contribution in [1.82, 2.24) is 9.80 Å². The van der Waals surface area contributed by atoms with Crippen LogP contribution in [0.25, 0.3) is 0 Å². The van der Waals surface area contributed by atoms with E-state index in [-0.39, 0.29) is 0 Å². The van der Waals surface area contributed by atoms with Gasteiger partial charge in [-0.25, -0.2) is 0 Å². The molecule has 1 saturated heterocycles. The number of nitrogens with zero attached hydrogens (tertiary/aromatic N) is 2. The summed E-state index contributed by atoms with van der Waals surface area (Å²) in [6.45, 7) is 25.2. The number of hydrogen-bond acceptors (Lipinski definition) is 2. The van der Waals surface area contributed by atoms with Crippen LogP contribution >= 0.6 is 0 Å². The molecule has 1 fully saturated rings. The van der Waals surface area contributed by atoms with E-state index in [0.29, 0.717) is 16.4 Å². The van der Waals surface area contributed by atoms with Crippen LogP contribution in [0.4, 0.5) is 0 Å². The van der Waals surface area contributed by atoms with Crippen LogP contribution in [0.5, 0.6) is 0 Å². The molecule has 0 bridgehead atoms. The normalized spacial score (nSPS) is 21.7. The topological polar surface area (TPSA) is 6.48 Å². The van der Waals surface area contributed by atoms with Crippen LogP contribution in [0.2, 0.25) is 0 Å². The molecular weight excluding hydrogens is 256 g/mol. The first kappa shape index (κ1) is 19.0. The van der Waals surface area contributed by atoms with Gasteiger partial charge in [0.15, 0.2) is 0 Å². The van der Waals surface area contributed by atoms with Crippen LogP contribution in [0.3, 0.4) is 0 Å². The first-order chi connectivity index (χ1) is 9.39. The molecule has 0 amide bonds. The van der Waals surface area contributed by atoms with Gasteiger partial charge in [0.1, 0.15) is 0 Å². The van der Waals surface area contributed by atoms with Crippen molar-refractivity contribution in [3.05, 3.63) is 0 Å². The zero-order valence-electron chi connectivity index (χ0n) is 16.1. The molecule has 0 aromatic carbocycles. The van der Waals surface area contributed by atoms with Crippen molar-refractivity contribution in [3.63, 3.8) is 0 Å². The van der Waals surface area contributed by atoms with Gasteiger partial charge in [-0.15, -0.1) is 0 Å². The highest BCUT2D eigenvalue weighted by molar-refractivity contribution is 4.90. The lowest BCUT2D eigenvalue weighted by Crippen LogP contribution is -2.59.